The SMILES string of the molecule is CNC[C@H](O)[C@@H](O)[C@H](O)[C@H](O)CO.O=C(O)c1cccc(NC(=O)c2nc(C3CCCCC3)[nH]c2COC23CC4CC(CC(C4)C2)C3)c1. The molecule has 0 saturated heterocycles. The molecule has 5 saturated carbocycles. The normalized spacial score (nSPS) is 27.4. The summed E-state index contributed by atoms with van der Waals surface area (Å²) in [6.07, 6.45) is 7.68. The van der Waals surface area contributed by atoms with Crippen LogP contribution in [0, 0.1) is 17.8 Å². The minimum atomic E-state index is -1.55. The van der Waals surface area contributed by atoms with Crippen molar-refractivity contribution in [1.29, 1.82) is 0 Å². The van der Waals surface area contributed by atoms with Crippen LogP contribution in [0.2, 0.25) is 0 Å². The van der Waals surface area contributed by atoms with Crippen molar-refractivity contribution in [3.05, 3.63) is 47.0 Å². The number of aliphatic hydroxyl groups excluding tert-OH is 5. The van der Waals surface area contributed by atoms with Crippen molar-refractivity contribution in [1.82, 2.24) is 15.3 Å². The number of carbonyl (C=O) groups is 2. The second kappa shape index (κ2) is 16.2. The van der Waals surface area contributed by atoms with Gasteiger partial charge in [0.15, 0.2) is 5.69 Å². The number of nitrogens with zero attached hydrogens (tertiary/aromatic N) is 1. The molecule has 0 radical (unpaired) electrons. The van der Waals surface area contributed by atoms with Crippen molar-refractivity contribution in [2.45, 2.75) is 113 Å². The third-order valence-electron chi connectivity index (χ3n) is 10.6. The monoisotopic (exact) mass is 672 g/mol. The first-order valence-electron chi connectivity index (χ1n) is 17.4. The van der Waals surface area contributed by atoms with E-state index in [1.54, 1.807) is 19.2 Å². The van der Waals surface area contributed by atoms with E-state index in [4.69, 9.17) is 30.1 Å². The summed E-state index contributed by atoms with van der Waals surface area (Å²) in [6.45, 7) is -0.204. The molecule has 7 rings (SSSR count). The summed E-state index contributed by atoms with van der Waals surface area (Å²) in [5, 5.41) is 59.6. The minimum absolute atomic E-state index is 0.0472. The number of rotatable bonds is 13. The number of aliphatic hydroxyl groups is 5. The Balaban J connectivity index is 0.000000296. The Bertz CT molecular complexity index is 1340. The highest BCUT2D eigenvalue weighted by atomic mass is 16.5. The lowest BCUT2D eigenvalue weighted by Gasteiger charge is -2.56. The number of carboxylic acids is 1. The van der Waals surface area contributed by atoms with Gasteiger partial charge in [-0.25, -0.2) is 9.78 Å². The fourth-order valence-corrected chi connectivity index (χ4v) is 8.54. The zero-order valence-electron chi connectivity index (χ0n) is 27.7. The Kier molecular flexibility index (Phi) is 12.3. The molecule has 2 aromatic rings. The summed E-state index contributed by atoms with van der Waals surface area (Å²) in [4.78, 5) is 33.0. The molecule has 1 aromatic carbocycles. The van der Waals surface area contributed by atoms with E-state index in [0.717, 1.165) is 61.4 Å². The molecule has 0 aliphatic heterocycles. The number of aromatic carboxylic acids is 1. The van der Waals surface area contributed by atoms with E-state index in [9.17, 15) is 19.8 Å². The van der Waals surface area contributed by atoms with Gasteiger partial charge in [0.25, 0.3) is 5.91 Å². The molecule has 5 fully saturated rings. The molecule has 4 atom stereocenters. The van der Waals surface area contributed by atoms with Crippen LogP contribution in [0.1, 0.15) is 109 Å². The number of nitrogens with one attached hydrogen (secondary N) is 3. The zero-order valence-corrected chi connectivity index (χ0v) is 27.7. The molecule has 5 aliphatic carbocycles. The van der Waals surface area contributed by atoms with E-state index < -0.39 is 37.0 Å². The van der Waals surface area contributed by atoms with Crippen molar-refractivity contribution in [3.63, 3.8) is 0 Å². The number of carbonyl (C=O) groups excluding carboxylic acids is 1. The van der Waals surface area contributed by atoms with Gasteiger partial charge in [0.2, 0.25) is 0 Å². The zero-order chi connectivity index (χ0) is 34.4. The molecule has 0 unspecified atom stereocenters. The summed E-state index contributed by atoms with van der Waals surface area (Å²) in [6, 6.07) is 6.32. The topological polar surface area (TPSA) is 217 Å². The number of carboxylic acid groups (broad SMARTS) is 1. The molecule has 266 valence electrons. The standard InChI is InChI=1S/C28H35N3O4.C7H17NO5/c32-26(29-22-8-4-7-21(12-22)27(33)34)24-23(30-25(31-24)20-5-2-1-3-6-20)16-35-28-13-17-9-18(14-28)11-19(10-17)15-28;1-8-2-4(10)6(12)7(13)5(11)3-9/h4,7-8,12,17-20H,1-3,5-6,9-11,13-16H2,(H,29,32)(H,30,31)(H,33,34);4-13H,2-3H2,1H3/t;4-,5+,6+,7+/m.0/s1. The molecule has 13 nitrogen and oxygen atoms in total. The second-order valence-corrected chi connectivity index (χ2v) is 14.4. The highest BCUT2D eigenvalue weighted by molar-refractivity contribution is 6.04. The van der Waals surface area contributed by atoms with Crippen molar-refractivity contribution in [3.8, 4) is 0 Å². The average molecular weight is 673 g/mol. The van der Waals surface area contributed by atoms with Gasteiger partial charge in [-0.2, -0.15) is 0 Å². The molecule has 48 heavy (non-hydrogen) atoms. The quantitative estimate of drug-likeness (QED) is 0.151. The van der Waals surface area contributed by atoms with Gasteiger partial charge in [-0.15, -0.1) is 0 Å². The van der Waals surface area contributed by atoms with Crippen LogP contribution in [-0.4, -0.2) is 103 Å². The number of anilines is 1. The molecular weight excluding hydrogens is 620 g/mol. The van der Waals surface area contributed by atoms with E-state index in [0.29, 0.717) is 23.9 Å². The maximum atomic E-state index is 13.3. The summed E-state index contributed by atoms with van der Waals surface area (Å²) in [7, 11) is 1.57. The van der Waals surface area contributed by atoms with Gasteiger partial charge in [0.1, 0.15) is 24.1 Å². The number of likely N-dealkylation sites (N-methyl/N-ethyl adjacent to an activating group) is 1. The van der Waals surface area contributed by atoms with E-state index >= 15 is 0 Å². The van der Waals surface area contributed by atoms with Crippen molar-refractivity contribution < 1.29 is 45.0 Å². The third-order valence-corrected chi connectivity index (χ3v) is 10.6. The minimum Gasteiger partial charge on any atom is -0.478 e. The molecule has 4 bridgehead atoms. The Morgan fingerprint density at radius 1 is 0.979 bits per heavy atom. The van der Waals surface area contributed by atoms with Crippen LogP contribution in [0.4, 0.5) is 5.69 Å². The molecule has 0 spiro atoms. The average Bonchev–Trinajstić information content (AvgIpc) is 3.51. The van der Waals surface area contributed by atoms with Gasteiger partial charge in [0, 0.05) is 18.2 Å². The van der Waals surface area contributed by atoms with Crippen molar-refractivity contribution in [2.75, 3.05) is 25.5 Å². The number of imidazole rings is 1. The van der Waals surface area contributed by atoms with Gasteiger partial charge in [-0.3, -0.25) is 4.79 Å². The lowest BCUT2D eigenvalue weighted by molar-refractivity contribution is -0.169. The Morgan fingerprint density at radius 2 is 1.60 bits per heavy atom. The summed E-state index contributed by atoms with van der Waals surface area (Å²) >= 11 is 0. The van der Waals surface area contributed by atoms with Crippen LogP contribution >= 0.6 is 0 Å². The molecule has 1 heterocycles. The fraction of sp³-hybridized carbons (Fsp3) is 0.686. The molecule has 1 aromatic heterocycles. The molecule has 1 amide bonds. The van der Waals surface area contributed by atoms with Crippen LogP contribution in [0.15, 0.2) is 24.3 Å². The summed E-state index contributed by atoms with van der Waals surface area (Å²) < 4.78 is 6.69. The van der Waals surface area contributed by atoms with E-state index in [1.807, 2.05) is 0 Å². The first-order chi connectivity index (χ1) is 23.0. The second-order valence-electron chi connectivity index (χ2n) is 14.4. The Hall–Kier alpha value is -2.91. The highest BCUT2D eigenvalue weighted by Crippen LogP contribution is 2.57. The number of aromatic amines is 1. The highest BCUT2D eigenvalue weighted by Gasteiger charge is 2.51. The third kappa shape index (κ3) is 8.81. The number of amides is 1. The Labute approximate surface area is 281 Å². The van der Waals surface area contributed by atoms with E-state index in [-0.39, 0.29) is 23.6 Å². The van der Waals surface area contributed by atoms with Crippen LogP contribution in [0.3, 0.4) is 0 Å². The van der Waals surface area contributed by atoms with E-state index in [2.05, 4.69) is 15.6 Å². The number of aromatic nitrogens is 2. The molecule has 13 heteroatoms. The predicted molar refractivity (Wildman–Crippen MR) is 176 cm³/mol. The summed E-state index contributed by atoms with van der Waals surface area (Å²) in [5.41, 5.74) is 1.65. The Morgan fingerprint density at radius 3 is 2.19 bits per heavy atom. The van der Waals surface area contributed by atoms with Crippen molar-refractivity contribution >= 4 is 17.6 Å². The van der Waals surface area contributed by atoms with Gasteiger partial charge in [-0.05, 0) is 94.4 Å². The van der Waals surface area contributed by atoms with Crippen molar-refractivity contribution in [2.24, 2.45) is 17.8 Å². The first kappa shape index (κ1) is 36.4. The van der Waals surface area contributed by atoms with Gasteiger partial charge in [0.05, 0.1) is 36.2 Å². The first-order valence-corrected chi connectivity index (χ1v) is 17.4. The number of H-pyrrole nitrogens is 1. The van der Waals surface area contributed by atoms with E-state index in [1.165, 1.54) is 50.7 Å². The van der Waals surface area contributed by atoms with Crippen LogP contribution in [0.25, 0.3) is 0 Å². The van der Waals surface area contributed by atoms with Gasteiger partial charge < -0.3 is 51.0 Å². The van der Waals surface area contributed by atoms with Crippen LogP contribution in [-0.2, 0) is 11.3 Å². The molecule has 5 aliphatic rings. The fourth-order valence-electron chi connectivity index (χ4n) is 8.54. The molecular formula is C35H52N4O9. The number of benzene rings is 1. The number of hydrogen-bond acceptors (Lipinski definition) is 10. The largest absolute Gasteiger partial charge is 0.478 e. The molecule has 9 N–H and O–H groups in total. The smallest absolute Gasteiger partial charge is 0.335 e. The maximum Gasteiger partial charge on any atom is 0.335 e. The number of ether oxygens (including phenoxy) is 1. The number of hydrogen-bond donors (Lipinski definition) is 9. The summed E-state index contributed by atoms with van der Waals surface area (Å²) in [5.74, 6) is 2.28. The lowest BCUT2D eigenvalue weighted by atomic mass is 9.54. The van der Waals surface area contributed by atoms with Gasteiger partial charge in [-0.1, -0.05) is 25.3 Å². The maximum absolute atomic E-state index is 13.3. The van der Waals surface area contributed by atoms with Crippen LogP contribution in [0.5, 0.6) is 0 Å². The predicted octanol–water partition coefficient (Wildman–Crippen LogP) is 2.54. The van der Waals surface area contributed by atoms with Gasteiger partial charge >= 0.3 is 5.97 Å². The van der Waals surface area contributed by atoms with Crippen LogP contribution < -0.4 is 10.6 Å². The lowest BCUT2D eigenvalue weighted by Crippen LogP contribution is -2.51.